The predicted molar refractivity (Wildman–Crippen MR) is 70.2 cm³/mol. The summed E-state index contributed by atoms with van der Waals surface area (Å²) in [4.78, 5) is 1.38. The highest BCUT2D eigenvalue weighted by atomic mass is 19.4. The van der Waals surface area contributed by atoms with E-state index >= 15 is 0 Å². The first-order chi connectivity index (χ1) is 9.87. The van der Waals surface area contributed by atoms with E-state index < -0.39 is 18.5 Å². The van der Waals surface area contributed by atoms with Gasteiger partial charge in [0.25, 0.3) is 0 Å². The Labute approximate surface area is 120 Å². The molecular weight excluding hydrogens is 286 g/mol. The number of benzene rings is 1. The molecule has 1 aliphatic rings. The van der Waals surface area contributed by atoms with Crippen molar-refractivity contribution in [3.8, 4) is 6.07 Å². The molecule has 1 unspecified atom stereocenters. The van der Waals surface area contributed by atoms with Crippen LogP contribution in [0.3, 0.4) is 0 Å². The first-order valence-corrected chi connectivity index (χ1v) is 6.60. The third-order valence-corrected chi connectivity index (χ3v) is 3.46. The maximum atomic E-state index is 13.0. The van der Waals surface area contributed by atoms with Gasteiger partial charge < -0.3 is 5.32 Å². The lowest BCUT2D eigenvalue weighted by Crippen LogP contribution is -2.33. The molecule has 0 spiro atoms. The van der Waals surface area contributed by atoms with Crippen LogP contribution >= 0.6 is 0 Å². The maximum absolute atomic E-state index is 13.0. The third kappa shape index (κ3) is 4.60. The van der Waals surface area contributed by atoms with Gasteiger partial charge >= 0.3 is 6.18 Å². The molecule has 1 aromatic rings. The van der Waals surface area contributed by atoms with E-state index in [4.69, 9.17) is 5.26 Å². The van der Waals surface area contributed by atoms with Crippen molar-refractivity contribution in [1.29, 1.82) is 5.26 Å². The molecule has 3 nitrogen and oxygen atoms in total. The average molecular weight is 301 g/mol. The van der Waals surface area contributed by atoms with E-state index in [0.29, 0.717) is 31.7 Å². The van der Waals surface area contributed by atoms with Gasteiger partial charge in [-0.25, -0.2) is 4.39 Å². The Hall–Kier alpha value is -1.81. The first kappa shape index (κ1) is 15.6. The second-order valence-electron chi connectivity index (χ2n) is 5.19. The lowest BCUT2D eigenvalue weighted by Gasteiger charge is -2.18. The highest BCUT2D eigenvalue weighted by Crippen LogP contribution is 2.24. The van der Waals surface area contributed by atoms with Gasteiger partial charge in [0.05, 0.1) is 17.8 Å². The van der Waals surface area contributed by atoms with Gasteiger partial charge in [-0.1, -0.05) is 0 Å². The number of nitriles is 1. The van der Waals surface area contributed by atoms with Crippen molar-refractivity contribution >= 4 is 5.69 Å². The molecule has 1 atom stereocenters. The fourth-order valence-electron chi connectivity index (χ4n) is 2.49. The normalized spacial score (nSPS) is 19.5. The molecule has 0 aromatic heterocycles. The number of rotatable bonds is 4. The van der Waals surface area contributed by atoms with Crippen LogP contribution in [0, 0.1) is 23.1 Å². The van der Waals surface area contributed by atoms with Crippen molar-refractivity contribution in [2.75, 3.05) is 31.5 Å². The smallest absolute Gasteiger partial charge is 0.384 e. The zero-order chi connectivity index (χ0) is 15.5. The average Bonchev–Trinajstić information content (AvgIpc) is 2.82. The van der Waals surface area contributed by atoms with Gasteiger partial charge in [0.2, 0.25) is 0 Å². The zero-order valence-electron chi connectivity index (χ0n) is 11.3. The second kappa shape index (κ2) is 6.31. The topological polar surface area (TPSA) is 39.1 Å². The molecule has 1 N–H and O–H groups in total. The Morgan fingerprint density at radius 3 is 2.81 bits per heavy atom. The Morgan fingerprint density at radius 2 is 2.14 bits per heavy atom. The molecule has 0 amide bonds. The van der Waals surface area contributed by atoms with Crippen LogP contribution in [0.5, 0.6) is 0 Å². The van der Waals surface area contributed by atoms with Crippen LogP contribution in [-0.4, -0.2) is 37.3 Å². The number of hydrogen-bond acceptors (Lipinski definition) is 3. The van der Waals surface area contributed by atoms with Crippen molar-refractivity contribution in [1.82, 2.24) is 4.90 Å². The van der Waals surface area contributed by atoms with Crippen molar-refractivity contribution in [2.24, 2.45) is 5.92 Å². The molecule has 114 valence electrons. The van der Waals surface area contributed by atoms with E-state index in [0.717, 1.165) is 6.07 Å². The van der Waals surface area contributed by atoms with Gasteiger partial charge in [0, 0.05) is 13.1 Å². The summed E-state index contributed by atoms with van der Waals surface area (Å²) in [5.74, 6) is -0.404. The summed E-state index contributed by atoms with van der Waals surface area (Å²) >= 11 is 0. The molecule has 1 aromatic carbocycles. The van der Waals surface area contributed by atoms with Crippen LogP contribution < -0.4 is 5.32 Å². The Kier molecular flexibility index (Phi) is 4.68. The highest BCUT2D eigenvalue weighted by Gasteiger charge is 2.34. The Balaban J connectivity index is 1.86. The molecular formula is C14H15F4N3. The van der Waals surface area contributed by atoms with Crippen LogP contribution in [0.4, 0.5) is 23.2 Å². The zero-order valence-corrected chi connectivity index (χ0v) is 11.3. The predicted octanol–water partition coefficient (Wildman–Crippen LogP) is 2.99. The number of alkyl halides is 3. The second-order valence-corrected chi connectivity index (χ2v) is 5.19. The maximum Gasteiger partial charge on any atom is 0.401 e. The summed E-state index contributed by atoms with van der Waals surface area (Å²) in [6, 6.07) is 5.73. The summed E-state index contributed by atoms with van der Waals surface area (Å²) in [5, 5.41) is 11.9. The molecule has 0 bridgehead atoms. The number of nitrogens with one attached hydrogen (secondary N) is 1. The molecule has 2 rings (SSSR count). The van der Waals surface area contributed by atoms with Crippen LogP contribution in [0.1, 0.15) is 12.0 Å². The van der Waals surface area contributed by atoms with Crippen molar-refractivity contribution in [3.05, 3.63) is 29.6 Å². The number of anilines is 1. The molecule has 1 fully saturated rings. The van der Waals surface area contributed by atoms with Gasteiger partial charge in [-0.05, 0) is 37.1 Å². The first-order valence-electron chi connectivity index (χ1n) is 6.60. The minimum absolute atomic E-state index is 0.0870. The summed E-state index contributed by atoms with van der Waals surface area (Å²) in [6.45, 7) is 0.369. The molecule has 1 aliphatic heterocycles. The fraction of sp³-hybridized carbons (Fsp3) is 0.500. The van der Waals surface area contributed by atoms with Gasteiger partial charge in [-0.3, -0.25) is 4.90 Å². The molecule has 21 heavy (non-hydrogen) atoms. The van der Waals surface area contributed by atoms with Crippen molar-refractivity contribution < 1.29 is 17.6 Å². The standard InChI is InChI=1S/C14H15F4N3/c15-12-1-2-13(11(5-12)6-19)20-7-10-3-4-21(8-10)9-14(16,17)18/h1-2,5,10,20H,3-4,7-9H2. The third-order valence-electron chi connectivity index (χ3n) is 3.46. The monoisotopic (exact) mass is 301 g/mol. The molecule has 7 heteroatoms. The molecule has 0 aliphatic carbocycles. The summed E-state index contributed by atoms with van der Waals surface area (Å²) < 4.78 is 49.9. The van der Waals surface area contributed by atoms with Crippen LogP contribution in [0.25, 0.3) is 0 Å². The van der Waals surface area contributed by atoms with E-state index in [1.54, 1.807) is 0 Å². The molecule has 1 heterocycles. The van der Waals surface area contributed by atoms with Crippen LogP contribution in [0.15, 0.2) is 18.2 Å². The van der Waals surface area contributed by atoms with Gasteiger partial charge in [0.1, 0.15) is 11.9 Å². The van der Waals surface area contributed by atoms with Gasteiger partial charge in [-0.2, -0.15) is 18.4 Å². The van der Waals surface area contributed by atoms with Crippen LogP contribution in [-0.2, 0) is 0 Å². The lowest BCUT2D eigenvalue weighted by molar-refractivity contribution is -0.143. The number of nitrogens with zero attached hydrogens (tertiary/aromatic N) is 2. The highest BCUT2D eigenvalue weighted by molar-refractivity contribution is 5.57. The molecule has 0 radical (unpaired) electrons. The van der Waals surface area contributed by atoms with E-state index in [1.807, 2.05) is 6.07 Å². The Morgan fingerprint density at radius 1 is 1.38 bits per heavy atom. The summed E-state index contributed by atoms with van der Waals surface area (Å²) in [5.41, 5.74) is 0.702. The largest absolute Gasteiger partial charge is 0.401 e. The van der Waals surface area contributed by atoms with E-state index in [9.17, 15) is 17.6 Å². The SMILES string of the molecule is N#Cc1cc(F)ccc1NCC1CCN(CC(F)(F)F)C1. The van der Waals surface area contributed by atoms with Crippen molar-refractivity contribution in [3.63, 3.8) is 0 Å². The van der Waals surface area contributed by atoms with Crippen molar-refractivity contribution in [2.45, 2.75) is 12.6 Å². The Bertz CT molecular complexity index is 536. The minimum Gasteiger partial charge on any atom is -0.384 e. The van der Waals surface area contributed by atoms with E-state index in [2.05, 4.69) is 5.32 Å². The van der Waals surface area contributed by atoms with E-state index in [-0.39, 0.29) is 11.5 Å². The van der Waals surface area contributed by atoms with Gasteiger partial charge in [0.15, 0.2) is 0 Å². The van der Waals surface area contributed by atoms with Gasteiger partial charge in [-0.15, -0.1) is 0 Å². The van der Waals surface area contributed by atoms with Crippen LogP contribution in [0.2, 0.25) is 0 Å². The summed E-state index contributed by atoms with van der Waals surface area (Å²) in [7, 11) is 0. The lowest BCUT2D eigenvalue weighted by atomic mass is 10.1. The fourth-order valence-corrected chi connectivity index (χ4v) is 2.49. The van der Waals surface area contributed by atoms with E-state index in [1.165, 1.54) is 17.0 Å². The molecule has 1 saturated heterocycles. The quantitative estimate of drug-likeness (QED) is 0.869. The molecule has 0 saturated carbocycles. The number of halogens is 4. The summed E-state index contributed by atoms with van der Waals surface area (Å²) in [6.07, 6.45) is -3.50. The number of likely N-dealkylation sites (tertiary alicyclic amines) is 1. The minimum atomic E-state index is -4.17. The number of hydrogen-bond donors (Lipinski definition) is 1.